The summed E-state index contributed by atoms with van der Waals surface area (Å²) in [6, 6.07) is 10.1. The second kappa shape index (κ2) is 6.91. The number of benzene rings is 2. The Labute approximate surface area is 132 Å². The van der Waals surface area contributed by atoms with Gasteiger partial charge in [-0.05, 0) is 46.1 Å². The summed E-state index contributed by atoms with van der Waals surface area (Å²) in [5, 5.41) is 0. The third-order valence-corrected chi connectivity index (χ3v) is 4.20. The van der Waals surface area contributed by atoms with Crippen LogP contribution in [0.1, 0.15) is 17.2 Å². The molecule has 5 heteroatoms. The molecule has 2 rings (SSSR count). The van der Waals surface area contributed by atoms with Crippen molar-refractivity contribution in [3.8, 4) is 11.5 Å². The van der Waals surface area contributed by atoms with Gasteiger partial charge >= 0.3 is 0 Å². The maximum absolute atomic E-state index is 13.6. The average Bonchev–Trinajstić information content (AvgIpc) is 2.50. The third kappa shape index (κ3) is 3.36. The lowest BCUT2D eigenvalue weighted by molar-refractivity contribution is 0.378. The van der Waals surface area contributed by atoms with Crippen molar-refractivity contribution in [2.45, 2.75) is 12.5 Å². The van der Waals surface area contributed by atoms with Gasteiger partial charge in [0.1, 0.15) is 17.3 Å². The fourth-order valence-corrected chi connectivity index (χ4v) is 2.72. The van der Waals surface area contributed by atoms with Gasteiger partial charge in [-0.1, -0.05) is 18.2 Å². The van der Waals surface area contributed by atoms with Gasteiger partial charge in [-0.15, -0.1) is 0 Å². The van der Waals surface area contributed by atoms with Gasteiger partial charge in [0.15, 0.2) is 0 Å². The Morgan fingerprint density at radius 2 is 1.67 bits per heavy atom. The van der Waals surface area contributed by atoms with Crippen LogP contribution in [-0.4, -0.2) is 14.2 Å². The highest BCUT2D eigenvalue weighted by molar-refractivity contribution is 9.10. The van der Waals surface area contributed by atoms with E-state index in [0.29, 0.717) is 22.4 Å². The standard InChI is InChI=1S/C16H17BrFNO2/c1-20-13-7-4-8-14(21-2)15(13)12(19)9-10-5-3-6-11(18)16(10)17/h3-8,12H,9,19H2,1-2H3. The minimum atomic E-state index is -0.366. The lowest BCUT2D eigenvalue weighted by atomic mass is 9.98. The molecule has 0 saturated carbocycles. The topological polar surface area (TPSA) is 44.5 Å². The molecule has 1 unspecified atom stereocenters. The van der Waals surface area contributed by atoms with E-state index in [1.807, 2.05) is 24.3 Å². The Morgan fingerprint density at radius 3 is 2.24 bits per heavy atom. The lowest BCUT2D eigenvalue weighted by Crippen LogP contribution is -2.16. The minimum Gasteiger partial charge on any atom is -0.496 e. The molecule has 2 aromatic rings. The maximum Gasteiger partial charge on any atom is 0.137 e. The molecule has 0 aliphatic rings. The number of halogens is 2. The number of hydrogen-bond donors (Lipinski definition) is 1. The quantitative estimate of drug-likeness (QED) is 0.887. The van der Waals surface area contributed by atoms with Crippen LogP contribution in [-0.2, 0) is 6.42 Å². The molecule has 0 amide bonds. The zero-order chi connectivity index (χ0) is 15.4. The Morgan fingerprint density at radius 1 is 1.10 bits per heavy atom. The predicted molar refractivity (Wildman–Crippen MR) is 84.3 cm³/mol. The molecular formula is C16H17BrFNO2. The van der Waals surface area contributed by atoms with Gasteiger partial charge in [0.05, 0.1) is 24.3 Å². The molecule has 0 spiro atoms. The zero-order valence-electron chi connectivity index (χ0n) is 11.9. The summed E-state index contributed by atoms with van der Waals surface area (Å²) in [6.07, 6.45) is 0.467. The van der Waals surface area contributed by atoms with Crippen molar-refractivity contribution in [3.05, 3.63) is 57.8 Å². The summed E-state index contributed by atoms with van der Waals surface area (Å²) in [5.41, 5.74) is 7.87. The van der Waals surface area contributed by atoms with E-state index in [1.165, 1.54) is 6.07 Å². The maximum atomic E-state index is 13.6. The van der Waals surface area contributed by atoms with Crippen LogP contribution in [0.15, 0.2) is 40.9 Å². The van der Waals surface area contributed by atoms with Crippen LogP contribution in [0.25, 0.3) is 0 Å². The summed E-state index contributed by atoms with van der Waals surface area (Å²) < 4.78 is 24.7. The molecule has 112 valence electrons. The number of ether oxygens (including phenoxy) is 2. The first-order valence-electron chi connectivity index (χ1n) is 6.47. The first-order valence-corrected chi connectivity index (χ1v) is 7.27. The van der Waals surface area contributed by atoms with E-state index < -0.39 is 0 Å². The Bertz CT molecular complexity index is 611. The molecule has 21 heavy (non-hydrogen) atoms. The average molecular weight is 354 g/mol. The van der Waals surface area contributed by atoms with E-state index in [2.05, 4.69) is 15.9 Å². The van der Waals surface area contributed by atoms with Gasteiger partial charge < -0.3 is 15.2 Å². The Hall–Kier alpha value is -1.59. The molecule has 0 heterocycles. The molecule has 1 atom stereocenters. The molecule has 0 bridgehead atoms. The third-order valence-electron chi connectivity index (χ3n) is 3.31. The van der Waals surface area contributed by atoms with E-state index in [-0.39, 0.29) is 11.9 Å². The summed E-state index contributed by atoms with van der Waals surface area (Å²) in [6.45, 7) is 0. The van der Waals surface area contributed by atoms with Crippen molar-refractivity contribution in [3.63, 3.8) is 0 Å². The molecule has 0 saturated heterocycles. The van der Waals surface area contributed by atoms with Gasteiger partial charge in [-0.25, -0.2) is 4.39 Å². The molecule has 0 fully saturated rings. The van der Waals surface area contributed by atoms with Crippen LogP contribution in [0.4, 0.5) is 4.39 Å². The normalized spacial score (nSPS) is 12.0. The highest BCUT2D eigenvalue weighted by Crippen LogP contribution is 2.35. The van der Waals surface area contributed by atoms with Gasteiger partial charge in [0, 0.05) is 6.04 Å². The van der Waals surface area contributed by atoms with Crippen LogP contribution in [0.5, 0.6) is 11.5 Å². The van der Waals surface area contributed by atoms with Gasteiger partial charge in [-0.3, -0.25) is 0 Å². The SMILES string of the molecule is COc1cccc(OC)c1C(N)Cc1cccc(F)c1Br. The predicted octanol–water partition coefficient (Wildman–Crippen LogP) is 3.85. The van der Waals surface area contributed by atoms with Gasteiger partial charge in [0.2, 0.25) is 0 Å². The van der Waals surface area contributed by atoms with Crippen LogP contribution in [0.3, 0.4) is 0 Å². The lowest BCUT2D eigenvalue weighted by Gasteiger charge is -2.19. The van der Waals surface area contributed by atoms with E-state index >= 15 is 0 Å². The fraction of sp³-hybridized carbons (Fsp3) is 0.250. The highest BCUT2D eigenvalue weighted by Gasteiger charge is 2.19. The second-order valence-corrected chi connectivity index (χ2v) is 5.39. The fourth-order valence-electron chi connectivity index (χ4n) is 2.29. The molecular weight excluding hydrogens is 337 g/mol. The number of rotatable bonds is 5. The van der Waals surface area contributed by atoms with Gasteiger partial charge in [0.25, 0.3) is 0 Å². The second-order valence-electron chi connectivity index (χ2n) is 4.60. The zero-order valence-corrected chi connectivity index (χ0v) is 13.5. The molecule has 3 nitrogen and oxygen atoms in total. The van der Waals surface area contributed by atoms with E-state index in [9.17, 15) is 4.39 Å². The molecule has 0 radical (unpaired) electrons. The number of methoxy groups -OCH3 is 2. The van der Waals surface area contributed by atoms with Crippen molar-refractivity contribution >= 4 is 15.9 Å². The largest absolute Gasteiger partial charge is 0.496 e. The molecule has 0 aliphatic carbocycles. The van der Waals surface area contributed by atoms with Gasteiger partial charge in [-0.2, -0.15) is 0 Å². The van der Waals surface area contributed by atoms with E-state index in [1.54, 1.807) is 20.3 Å². The first kappa shape index (κ1) is 15.8. The summed E-state index contributed by atoms with van der Waals surface area (Å²) in [7, 11) is 3.17. The van der Waals surface area contributed by atoms with Crippen LogP contribution in [0.2, 0.25) is 0 Å². The van der Waals surface area contributed by atoms with Crippen molar-refractivity contribution in [1.29, 1.82) is 0 Å². The number of hydrogen-bond acceptors (Lipinski definition) is 3. The van der Waals surface area contributed by atoms with Crippen molar-refractivity contribution in [1.82, 2.24) is 0 Å². The molecule has 2 aromatic carbocycles. The summed E-state index contributed by atoms with van der Waals surface area (Å²) in [4.78, 5) is 0. The first-order chi connectivity index (χ1) is 10.1. The molecule has 2 N–H and O–H groups in total. The number of nitrogens with two attached hydrogens (primary N) is 1. The highest BCUT2D eigenvalue weighted by atomic mass is 79.9. The van der Waals surface area contributed by atoms with E-state index in [0.717, 1.165) is 11.1 Å². The smallest absolute Gasteiger partial charge is 0.137 e. The molecule has 0 aromatic heterocycles. The Balaban J connectivity index is 2.36. The summed E-state index contributed by atoms with van der Waals surface area (Å²) >= 11 is 3.26. The van der Waals surface area contributed by atoms with E-state index in [4.69, 9.17) is 15.2 Å². The summed E-state index contributed by atoms with van der Waals surface area (Å²) in [5.74, 6) is 1.02. The monoisotopic (exact) mass is 353 g/mol. The van der Waals surface area contributed by atoms with Crippen LogP contribution in [0, 0.1) is 5.82 Å². The molecule has 0 aliphatic heterocycles. The van der Waals surface area contributed by atoms with Crippen molar-refractivity contribution in [2.24, 2.45) is 5.73 Å². The van der Waals surface area contributed by atoms with Crippen LogP contribution >= 0.6 is 15.9 Å². The Kier molecular flexibility index (Phi) is 5.20. The van der Waals surface area contributed by atoms with Crippen molar-refractivity contribution in [2.75, 3.05) is 14.2 Å². The van der Waals surface area contributed by atoms with Crippen molar-refractivity contribution < 1.29 is 13.9 Å². The van der Waals surface area contributed by atoms with Crippen LogP contribution < -0.4 is 15.2 Å². The minimum absolute atomic E-state index is 0.299.